The van der Waals surface area contributed by atoms with Gasteiger partial charge < -0.3 is 9.47 Å². The van der Waals surface area contributed by atoms with Gasteiger partial charge in [-0.1, -0.05) is 157 Å². The van der Waals surface area contributed by atoms with E-state index in [2.05, 4.69) is 62.4 Å². The Balaban J connectivity index is 1.21. The van der Waals surface area contributed by atoms with Crippen molar-refractivity contribution in [3.63, 3.8) is 0 Å². The van der Waals surface area contributed by atoms with Crippen molar-refractivity contribution in [3.05, 3.63) is 192 Å². The van der Waals surface area contributed by atoms with Crippen LogP contribution in [0.1, 0.15) is 31.8 Å². The predicted molar refractivity (Wildman–Crippen MR) is 229 cm³/mol. The average Bonchev–Trinajstić information content (AvgIpc) is 3.23. The van der Waals surface area contributed by atoms with Crippen LogP contribution in [0.5, 0.6) is 11.5 Å². The third kappa shape index (κ3) is 5.54. The lowest BCUT2D eigenvalue weighted by atomic mass is 9.84. The number of hydrogen-bond acceptors (Lipinski definition) is 4. The van der Waals surface area contributed by atoms with Crippen molar-refractivity contribution in [1.29, 1.82) is 0 Å². The minimum absolute atomic E-state index is 0.417. The van der Waals surface area contributed by atoms with E-state index in [-0.39, 0.29) is 0 Å². The minimum Gasteiger partial charge on any atom is -0.422 e. The number of fused-ring (bicyclic) bond motifs is 6. The van der Waals surface area contributed by atoms with Gasteiger partial charge in [0, 0.05) is 21.5 Å². The molecule has 266 valence electrons. The summed E-state index contributed by atoms with van der Waals surface area (Å²) in [5.41, 5.74) is 5.16. The molecule has 0 fully saturated rings. The van der Waals surface area contributed by atoms with E-state index in [9.17, 15) is 9.59 Å². The second kappa shape index (κ2) is 13.2. The molecule has 0 bridgehead atoms. The number of esters is 2. The first-order valence-corrected chi connectivity index (χ1v) is 18.7. The van der Waals surface area contributed by atoms with Gasteiger partial charge in [0.1, 0.15) is 11.5 Å². The lowest BCUT2D eigenvalue weighted by Crippen LogP contribution is -2.10. The van der Waals surface area contributed by atoms with Crippen LogP contribution in [0.3, 0.4) is 0 Å². The highest BCUT2D eigenvalue weighted by atomic mass is 16.5. The second-order valence-corrected chi connectivity index (χ2v) is 14.5. The SMILES string of the molecule is Cc1ccc2c(OC(=O)c3ccc4ccccc4c3)c3ccccc3c(-c3c4ccccc4c(OC(=O)c4ccc5ccccc5c4)c4ccc(C)cc34)c2c1. The summed E-state index contributed by atoms with van der Waals surface area (Å²) in [6.45, 7) is 4.16. The van der Waals surface area contributed by atoms with Crippen molar-refractivity contribution in [3.8, 4) is 22.6 Å². The van der Waals surface area contributed by atoms with Gasteiger partial charge in [-0.25, -0.2) is 9.59 Å². The molecule has 0 atom stereocenters. The summed E-state index contributed by atoms with van der Waals surface area (Å²) < 4.78 is 12.9. The van der Waals surface area contributed by atoms with Crippen LogP contribution < -0.4 is 9.47 Å². The standard InChI is InChI=1S/C52H34O4/c1-31-19-25-43-45(27-31)47(39-15-7-9-17-41(39)49(43)55-51(53)37-23-21-33-11-3-5-13-35(33)29-37)48-40-16-8-10-18-42(40)50(44-26-20-32(2)28-46(44)48)56-52(54)38-24-22-34-12-4-6-14-36(34)30-38/h3-30H,1-2H3. The maximum Gasteiger partial charge on any atom is 0.343 e. The predicted octanol–water partition coefficient (Wildman–Crippen LogP) is 13.3. The maximum atomic E-state index is 14.0. The normalized spacial score (nSPS) is 11.5. The highest BCUT2D eigenvalue weighted by molar-refractivity contribution is 6.27. The molecule has 0 amide bonds. The van der Waals surface area contributed by atoms with E-state index in [1.54, 1.807) is 0 Å². The number of benzene rings is 10. The average molecular weight is 723 g/mol. The smallest absolute Gasteiger partial charge is 0.343 e. The molecule has 0 saturated heterocycles. The van der Waals surface area contributed by atoms with Crippen LogP contribution in [-0.4, -0.2) is 11.9 Å². The molecule has 0 radical (unpaired) electrons. The molecule has 0 N–H and O–H groups in total. The number of carbonyl (C=O) groups is 2. The van der Waals surface area contributed by atoms with Crippen molar-refractivity contribution >= 4 is 76.6 Å². The van der Waals surface area contributed by atoms with E-state index in [0.29, 0.717) is 22.6 Å². The van der Waals surface area contributed by atoms with E-state index in [0.717, 1.165) is 86.9 Å². The Bertz CT molecular complexity index is 3050. The van der Waals surface area contributed by atoms with Gasteiger partial charge in [0.2, 0.25) is 0 Å². The van der Waals surface area contributed by atoms with E-state index >= 15 is 0 Å². The summed E-state index contributed by atoms with van der Waals surface area (Å²) >= 11 is 0. The largest absolute Gasteiger partial charge is 0.422 e. The molecule has 10 aromatic carbocycles. The molecule has 0 aromatic heterocycles. The summed E-state index contributed by atoms with van der Waals surface area (Å²) in [5, 5.41) is 11.2. The molecular formula is C52H34O4. The first kappa shape index (κ1) is 33.3. The lowest BCUT2D eigenvalue weighted by Gasteiger charge is -2.22. The molecule has 0 unspecified atom stereocenters. The zero-order chi connectivity index (χ0) is 37.9. The molecule has 0 aliphatic carbocycles. The van der Waals surface area contributed by atoms with Gasteiger partial charge in [0.15, 0.2) is 0 Å². The van der Waals surface area contributed by atoms with Gasteiger partial charge in [-0.15, -0.1) is 0 Å². The number of carbonyl (C=O) groups excluding carboxylic acids is 2. The first-order chi connectivity index (χ1) is 27.4. The quantitative estimate of drug-likeness (QED) is 0.101. The zero-order valence-electron chi connectivity index (χ0n) is 30.8. The molecular weight excluding hydrogens is 689 g/mol. The zero-order valence-corrected chi connectivity index (χ0v) is 30.8. The van der Waals surface area contributed by atoms with E-state index in [1.165, 1.54) is 0 Å². The summed E-state index contributed by atoms with van der Waals surface area (Å²) in [4.78, 5) is 28.0. The van der Waals surface area contributed by atoms with Crippen molar-refractivity contribution in [2.75, 3.05) is 0 Å². The van der Waals surface area contributed by atoms with Gasteiger partial charge >= 0.3 is 11.9 Å². The Morgan fingerprint density at radius 3 is 1.12 bits per heavy atom. The Morgan fingerprint density at radius 2 is 0.696 bits per heavy atom. The van der Waals surface area contributed by atoms with Crippen molar-refractivity contribution in [1.82, 2.24) is 0 Å². The number of aryl methyl sites for hydroxylation is 2. The molecule has 56 heavy (non-hydrogen) atoms. The van der Waals surface area contributed by atoms with Gasteiger partial charge in [-0.3, -0.25) is 0 Å². The first-order valence-electron chi connectivity index (χ1n) is 18.7. The van der Waals surface area contributed by atoms with E-state index < -0.39 is 11.9 Å². The third-order valence-electron chi connectivity index (χ3n) is 10.9. The van der Waals surface area contributed by atoms with Crippen LogP contribution in [0.4, 0.5) is 0 Å². The fourth-order valence-electron chi connectivity index (χ4n) is 8.20. The second-order valence-electron chi connectivity index (χ2n) is 14.5. The molecule has 0 spiro atoms. The van der Waals surface area contributed by atoms with Gasteiger partial charge in [0.25, 0.3) is 0 Å². The fourth-order valence-corrected chi connectivity index (χ4v) is 8.20. The van der Waals surface area contributed by atoms with Crippen LogP contribution >= 0.6 is 0 Å². The topological polar surface area (TPSA) is 52.6 Å². The Morgan fingerprint density at radius 1 is 0.339 bits per heavy atom. The van der Waals surface area contributed by atoms with Gasteiger partial charge in [0.05, 0.1) is 11.1 Å². The summed E-state index contributed by atoms with van der Waals surface area (Å²) in [5.74, 6) is 0.200. The molecule has 10 rings (SSSR count). The van der Waals surface area contributed by atoms with Crippen LogP contribution in [0.25, 0.3) is 75.8 Å². The molecule has 0 heterocycles. The molecule has 0 aliphatic rings. The Labute approximate surface area is 323 Å². The number of ether oxygens (including phenoxy) is 2. The molecule has 4 nitrogen and oxygen atoms in total. The molecule has 0 aliphatic heterocycles. The molecule has 0 saturated carbocycles. The summed E-state index contributed by atoms with van der Waals surface area (Å²) in [7, 11) is 0. The van der Waals surface area contributed by atoms with Crippen molar-refractivity contribution in [2.24, 2.45) is 0 Å². The monoisotopic (exact) mass is 722 g/mol. The molecule has 10 aromatic rings. The summed E-state index contributed by atoms with van der Waals surface area (Å²) in [6, 6.07) is 56.1. The third-order valence-corrected chi connectivity index (χ3v) is 10.9. The van der Waals surface area contributed by atoms with Crippen molar-refractivity contribution in [2.45, 2.75) is 13.8 Å². The summed E-state index contributed by atoms with van der Waals surface area (Å²) in [6.07, 6.45) is 0. The highest BCUT2D eigenvalue weighted by Crippen LogP contribution is 2.50. The number of rotatable bonds is 5. The Hall–Kier alpha value is -7.30. The van der Waals surface area contributed by atoms with Crippen LogP contribution in [0, 0.1) is 13.8 Å². The Kier molecular flexibility index (Phi) is 7.86. The van der Waals surface area contributed by atoms with Gasteiger partial charge in [-0.2, -0.15) is 0 Å². The maximum absolute atomic E-state index is 14.0. The fraction of sp³-hybridized carbons (Fsp3) is 0.0385. The number of hydrogen-bond donors (Lipinski definition) is 0. The van der Waals surface area contributed by atoms with E-state index in [1.807, 2.05) is 121 Å². The minimum atomic E-state index is -0.417. The highest BCUT2D eigenvalue weighted by Gasteiger charge is 2.25. The van der Waals surface area contributed by atoms with Crippen LogP contribution in [0.15, 0.2) is 170 Å². The van der Waals surface area contributed by atoms with Gasteiger partial charge in [-0.05, 0) is 92.3 Å². The lowest BCUT2D eigenvalue weighted by molar-refractivity contribution is 0.0730. The van der Waals surface area contributed by atoms with Crippen LogP contribution in [0.2, 0.25) is 0 Å². The van der Waals surface area contributed by atoms with Crippen molar-refractivity contribution < 1.29 is 19.1 Å². The molecule has 4 heteroatoms. The van der Waals surface area contributed by atoms with Crippen LogP contribution in [-0.2, 0) is 0 Å². The van der Waals surface area contributed by atoms with E-state index in [4.69, 9.17) is 9.47 Å².